The lowest BCUT2D eigenvalue weighted by Crippen LogP contribution is -2.07. The molecule has 0 atom stereocenters. The van der Waals surface area contributed by atoms with Gasteiger partial charge < -0.3 is 20.7 Å². The number of nitrogens with two attached hydrogens (primary N) is 1. The van der Waals surface area contributed by atoms with Gasteiger partial charge in [0, 0.05) is 0 Å². The van der Waals surface area contributed by atoms with E-state index in [2.05, 4.69) is 25.0 Å². The van der Waals surface area contributed by atoms with Gasteiger partial charge in [0.25, 0.3) is 0 Å². The third-order valence-corrected chi connectivity index (χ3v) is 2.00. The highest BCUT2D eigenvalue weighted by Crippen LogP contribution is 2.14. The Morgan fingerprint density at radius 2 is 2.35 bits per heavy atom. The molecule has 8 heteroatoms. The zero-order valence-corrected chi connectivity index (χ0v) is 8.62. The first-order chi connectivity index (χ1) is 8.16. The van der Waals surface area contributed by atoms with Crippen LogP contribution in [0.2, 0.25) is 0 Å². The van der Waals surface area contributed by atoms with Crippen LogP contribution < -0.4 is 11.1 Å². The molecule has 0 fully saturated rings. The van der Waals surface area contributed by atoms with Crippen molar-refractivity contribution in [3.05, 3.63) is 30.0 Å². The van der Waals surface area contributed by atoms with Crippen molar-refractivity contribution in [2.75, 3.05) is 11.1 Å². The number of aromatic carboxylic acids is 1. The normalized spacial score (nSPS) is 10.1. The maximum atomic E-state index is 10.8. The van der Waals surface area contributed by atoms with Crippen molar-refractivity contribution in [2.45, 2.75) is 6.54 Å². The number of carbonyl (C=O) groups is 1. The molecule has 8 nitrogen and oxygen atoms in total. The monoisotopic (exact) mass is 235 g/mol. The number of pyridine rings is 1. The van der Waals surface area contributed by atoms with Crippen LogP contribution in [-0.2, 0) is 6.54 Å². The van der Waals surface area contributed by atoms with Crippen molar-refractivity contribution in [2.24, 2.45) is 0 Å². The van der Waals surface area contributed by atoms with E-state index >= 15 is 0 Å². The molecular weight excluding hydrogens is 226 g/mol. The van der Waals surface area contributed by atoms with Crippen molar-refractivity contribution in [1.82, 2.24) is 15.1 Å². The molecule has 0 saturated carbocycles. The van der Waals surface area contributed by atoms with Crippen LogP contribution >= 0.6 is 0 Å². The van der Waals surface area contributed by atoms with E-state index in [1.807, 2.05) is 0 Å². The summed E-state index contributed by atoms with van der Waals surface area (Å²) in [4.78, 5) is 18.6. The van der Waals surface area contributed by atoms with E-state index < -0.39 is 5.97 Å². The van der Waals surface area contributed by atoms with Gasteiger partial charge in [-0.2, -0.15) is 4.98 Å². The van der Waals surface area contributed by atoms with E-state index in [1.54, 1.807) is 0 Å². The molecule has 0 saturated heterocycles. The van der Waals surface area contributed by atoms with Crippen LogP contribution in [0.5, 0.6) is 0 Å². The fraction of sp³-hybridized carbons (Fsp3) is 0.111. The number of anilines is 2. The van der Waals surface area contributed by atoms with Crippen molar-refractivity contribution in [1.29, 1.82) is 0 Å². The van der Waals surface area contributed by atoms with Gasteiger partial charge in [-0.1, -0.05) is 5.16 Å². The van der Waals surface area contributed by atoms with Crippen LogP contribution in [-0.4, -0.2) is 26.2 Å². The fourth-order valence-corrected chi connectivity index (χ4v) is 1.19. The molecule has 0 bridgehead atoms. The molecular formula is C9H9N5O3. The van der Waals surface area contributed by atoms with Gasteiger partial charge in [-0.05, 0) is 6.07 Å². The third-order valence-electron chi connectivity index (χ3n) is 2.00. The average Bonchev–Trinajstić information content (AvgIpc) is 2.80. The maximum absolute atomic E-state index is 10.8. The van der Waals surface area contributed by atoms with Gasteiger partial charge >= 0.3 is 5.97 Å². The second kappa shape index (κ2) is 4.47. The Morgan fingerprint density at radius 1 is 1.53 bits per heavy atom. The lowest BCUT2D eigenvalue weighted by molar-refractivity contribution is 0.0698. The molecule has 0 amide bonds. The fourth-order valence-electron chi connectivity index (χ4n) is 1.19. The molecule has 4 N–H and O–H groups in total. The van der Waals surface area contributed by atoms with E-state index in [-0.39, 0.29) is 17.8 Å². The van der Waals surface area contributed by atoms with Crippen molar-refractivity contribution < 1.29 is 14.4 Å². The van der Waals surface area contributed by atoms with Gasteiger partial charge in [-0.3, -0.25) is 0 Å². The van der Waals surface area contributed by atoms with Crippen molar-refractivity contribution >= 4 is 17.5 Å². The molecule has 0 unspecified atom stereocenters. The Labute approximate surface area is 95.5 Å². The zero-order chi connectivity index (χ0) is 12.3. The Hall–Kier alpha value is -2.64. The molecule has 17 heavy (non-hydrogen) atoms. The minimum Gasteiger partial charge on any atom is -0.478 e. The number of rotatable bonds is 4. The first kappa shape index (κ1) is 10.9. The lowest BCUT2D eigenvalue weighted by Gasteiger charge is -2.05. The summed E-state index contributed by atoms with van der Waals surface area (Å²) in [6.07, 6.45) is 2.48. The number of hydrogen-bond donors (Lipinski definition) is 3. The predicted molar refractivity (Wildman–Crippen MR) is 57.2 cm³/mol. The summed E-state index contributed by atoms with van der Waals surface area (Å²) in [7, 11) is 0. The minimum atomic E-state index is -1.10. The van der Waals surface area contributed by atoms with E-state index in [4.69, 9.17) is 10.8 Å². The van der Waals surface area contributed by atoms with Crippen LogP contribution in [0, 0.1) is 0 Å². The number of aromatic nitrogens is 3. The molecule has 0 aliphatic carbocycles. The first-order valence-corrected chi connectivity index (χ1v) is 4.65. The maximum Gasteiger partial charge on any atom is 0.337 e. The molecule has 0 spiro atoms. The van der Waals surface area contributed by atoms with Crippen LogP contribution in [0.25, 0.3) is 0 Å². The van der Waals surface area contributed by atoms with Gasteiger partial charge in [0.2, 0.25) is 6.39 Å². The van der Waals surface area contributed by atoms with Gasteiger partial charge in [0.05, 0.1) is 24.0 Å². The van der Waals surface area contributed by atoms with Gasteiger partial charge in [0.15, 0.2) is 5.82 Å². The zero-order valence-electron chi connectivity index (χ0n) is 8.62. The minimum absolute atomic E-state index is 0.00406. The highest BCUT2D eigenvalue weighted by Gasteiger charge is 2.09. The largest absolute Gasteiger partial charge is 0.478 e. The number of hydrogen-bond acceptors (Lipinski definition) is 7. The first-order valence-electron chi connectivity index (χ1n) is 4.65. The molecule has 0 radical (unpaired) electrons. The van der Waals surface area contributed by atoms with Crippen LogP contribution in [0.4, 0.5) is 11.5 Å². The standard InChI is InChI=1S/C9H9N5O3/c10-6-2-11-7(1-5(6)9(15)16)12-3-8-13-4-17-14-8/h1-2,4H,3,10H2,(H,11,12)(H,15,16). The lowest BCUT2D eigenvalue weighted by atomic mass is 10.2. The van der Waals surface area contributed by atoms with E-state index in [0.717, 1.165) is 0 Å². The van der Waals surface area contributed by atoms with Crippen LogP contribution in [0.3, 0.4) is 0 Å². The second-order valence-corrected chi connectivity index (χ2v) is 3.16. The highest BCUT2D eigenvalue weighted by molar-refractivity contribution is 5.94. The Balaban J connectivity index is 2.11. The van der Waals surface area contributed by atoms with E-state index in [0.29, 0.717) is 11.6 Å². The SMILES string of the molecule is Nc1cnc(NCc2ncon2)cc1C(=O)O. The number of carboxylic acid groups (broad SMARTS) is 1. The van der Waals surface area contributed by atoms with Crippen LogP contribution in [0.15, 0.2) is 23.2 Å². The molecule has 2 heterocycles. The average molecular weight is 235 g/mol. The predicted octanol–water partition coefficient (Wildman–Crippen LogP) is 0.357. The molecule has 0 aliphatic rings. The summed E-state index contributed by atoms with van der Waals surface area (Å²) in [5, 5.41) is 15.3. The van der Waals surface area contributed by atoms with E-state index in [9.17, 15) is 4.79 Å². The van der Waals surface area contributed by atoms with Gasteiger partial charge in [-0.15, -0.1) is 0 Å². The molecule has 2 aromatic rings. The van der Waals surface area contributed by atoms with Gasteiger partial charge in [0.1, 0.15) is 5.82 Å². The summed E-state index contributed by atoms with van der Waals surface area (Å²) in [5.41, 5.74) is 5.58. The number of carboxylic acids is 1. The van der Waals surface area contributed by atoms with Gasteiger partial charge in [-0.25, -0.2) is 9.78 Å². The third kappa shape index (κ3) is 2.48. The summed E-state index contributed by atoms with van der Waals surface area (Å²) in [6, 6.07) is 1.34. The molecule has 2 rings (SSSR count). The smallest absolute Gasteiger partial charge is 0.337 e. The number of nitrogens with zero attached hydrogens (tertiary/aromatic N) is 3. The van der Waals surface area contributed by atoms with Crippen molar-refractivity contribution in [3.63, 3.8) is 0 Å². The molecule has 2 aromatic heterocycles. The summed E-state index contributed by atoms with van der Waals surface area (Å²) < 4.78 is 4.55. The quantitative estimate of drug-likeness (QED) is 0.692. The van der Waals surface area contributed by atoms with Crippen LogP contribution in [0.1, 0.15) is 16.2 Å². The summed E-state index contributed by atoms with van der Waals surface area (Å²) >= 11 is 0. The van der Waals surface area contributed by atoms with Crippen molar-refractivity contribution in [3.8, 4) is 0 Å². The molecule has 0 aliphatic heterocycles. The Bertz CT molecular complexity index is 525. The Morgan fingerprint density at radius 3 is 3.00 bits per heavy atom. The summed E-state index contributed by atoms with van der Waals surface area (Å²) in [6.45, 7) is 0.284. The highest BCUT2D eigenvalue weighted by atomic mass is 16.5. The second-order valence-electron chi connectivity index (χ2n) is 3.16. The molecule has 0 aromatic carbocycles. The molecule has 88 valence electrons. The topological polar surface area (TPSA) is 127 Å². The number of nitrogen functional groups attached to an aromatic ring is 1. The summed E-state index contributed by atoms with van der Waals surface area (Å²) in [5.74, 6) is -0.283. The van der Waals surface area contributed by atoms with E-state index in [1.165, 1.54) is 18.7 Å². The Kier molecular flexibility index (Phi) is 2.86. The number of nitrogens with one attached hydrogen (secondary N) is 1.